The van der Waals surface area contributed by atoms with Crippen LogP contribution in [-0.2, 0) is 9.53 Å². The molecule has 84 valence electrons. The van der Waals surface area contributed by atoms with Crippen LogP contribution in [0.5, 0.6) is 0 Å². The molecule has 1 aromatic rings. The number of carbonyl (C=O) groups excluding carboxylic acids is 2. The zero-order chi connectivity index (χ0) is 12.0. The number of methoxy groups -OCH3 is 1. The minimum atomic E-state index is -0.515. The van der Waals surface area contributed by atoms with Crippen molar-refractivity contribution in [3.8, 4) is 0 Å². The number of esters is 1. The maximum absolute atomic E-state index is 11.3. The van der Waals surface area contributed by atoms with Crippen molar-refractivity contribution in [3.63, 3.8) is 0 Å². The Morgan fingerprint density at radius 3 is 2.94 bits per heavy atom. The summed E-state index contributed by atoms with van der Waals surface area (Å²) in [4.78, 5) is 25.8. The Morgan fingerprint density at radius 2 is 2.31 bits per heavy atom. The van der Waals surface area contributed by atoms with Crippen molar-refractivity contribution in [1.82, 2.24) is 4.98 Å². The third-order valence-corrected chi connectivity index (χ3v) is 1.83. The SMILES string of the molecule is COC(=O)c1ncccc1C=CCC(N)=O. The van der Waals surface area contributed by atoms with Gasteiger partial charge in [0.2, 0.25) is 5.91 Å². The molecule has 2 N–H and O–H groups in total. The number of hydrogen-bond acceptors (Lipinski definition) is 4. The Labute approximate surface area is 92.9 Å². The van der Waals surface area contributed by atoms with Crippen LogP contribution in [0.25, 0.3) is 6.08 Å². The van der Waals surface area contributed by atoms with Crippen molar-refractivity contribution in [2.75, 3.05) is 7.11 Å². The summed E-state index contributed by atoms with van der Waals surface area (Å²) >= 11 is 0. The van der Waals surface area contributed by atoms with Crippen LogP contribution in [0.15, 0.2) is 24.4 Å². The molecule has 5 heteroatoms. The molecule has 0 fully saturated rings. The van der Waals surface area contributed by atoms with E-state index < -0.39 is 11.9 Å². The number of ether oxygens (including phenoxy) is 1. The van der Waals surface area contributed by atoms with Gasteiger partial charge in [-0.3, -0.25) is 4.79 Å². The fourth-order valence-electron chi connectivity index (χ4n) is 1.12. The number of hydrogen-bond donors (Lipinski definition) is 1. The molecule has 0 atom stereocenters. The number of aromatic nitrogens is 1. The van der Waals surface area contributed by atoms with E-state index in [1.807, 2.05) is 0 Å². The zero-order valence-electron chi connectivity index (χ0n) is 8.84. The van der Waals surface area contributed by atoms with E-state index in [4.69, 9.17) is 5.73 Å². The Morgan fingerprint density at radius 1 is 1.56 bits per heavy atom. The third-order valence-electron chi connectivity index (χ3n) is 1.83. The van der Waals surface area contributed by atoms with Gasteiger partial charge in [0.25, 0.3) is 0 Å². The molecule has 1 aromatic heterocycles. The number of carbonyl (C=O) groups is 2. The fraction of sp³-hybridized carbons (Fsp3) is 0.182. The van der Waals surface area contributed by atoms with Crippen molar-refractivity contribution in [1.29, 1.82) is 0 Å². The van der Waals surface area contributed by atoms with E-state index in [9.17, 15) is 9.59 Å². The molecular weight excluding hydrogens is 208 g/mol. The van der Waals surface area contributed by atoms with Crippen molar-refractivity contribution in [3.05, 3.63) is 35.7 Å². The first-order valence-corrected chi connectivity index (χ1v) is 4.63. The second-order valence-corrected chi connectivity index (χ2v) is 3.01. The van der Waals surface area contributed by atoms with E-state index in [2.05, 4.69) is 9.72 Å². The van der Waals surface area contributed by atoms with E-state index >= 15 is 0 Å². The highest BCUT2D eigenvalue weighted by Gasteiger charge is 2.10. The van der Waals surface area contributed by atoms with Crippen molar-refractivity contribution in [2.45, 2.75) is 6.42 Å². The normalized spacial score (nSPS) is 10.3. The monoisotopic (exact) mass is 220 g/mol. The molecule has 0 saturated heterocycles. The summed E-state index contributed by atoms with van der Waals surface area (Å²) in [5.74, 6) is -0.945. The van der Waals surface area contributed by atoms with E-state index in [1.54, 1.807) is 24.3 Å². The Balaban J connectivity index is 2.91. The zero-order valence-corrected chi connectivity index (χ0v) is 8.84. The largest absolute Gasteiger partial charge is 0.464 e. The van der Waals surface area contributed by atoms with E-state index in [1.165, 1.54) is 13.3 Å². The number of nitrogens with two attached hydrogens (primary N) is 1. The van der Waals surface area contributed by atoms with Gasteiger partial charge >= 0.3 is 5.97 Å². The molecule has 0 aliphatic heterocycles. The van der Waals surface area contributed by atoms with Crippen LogP contribution in [0, 0.1) is 0 Å². The van der Waals surface area contributed by atoms with E-state index in [-0.39, 0.29) is 12.1 Å². The maximum atomic E-state index is 11.3. The first-order valence-electron chi connectivity index (χ1n) is 4.63. The molecule has 0 radical (unpaired) electrons. The molecule has 1 rings (SSSR count). The molecule has 1 amide bonds. The van der Waals surface area contributed by atoms with Gasteiger partial charge in [0.15, 0.2) is 5.69 Å². The standard InChI is InChI=1S/C11H12N2O3/c1-16-11(15)10-8(5-3-7-13-10)4-2-6-9(12)14/h2-5,7H,6H2,1H3,(H2,12,14). The lowest BCUT2D eigenvalue weighted by Gasteiger charge is -2.01. The molecule has 0 unspecified atom stereocenters. The lowest BCUT2D eigenvalue weighted by atomic mass is 10.1. The Kier molecular flexibility index (Phi) is 4.20. The number of rotatable bonds is 4. The highest BCUT2D eigenvalue weighted by Crippen LogP contribution is 2.09. The summed E-state index contributed by atoms with van der Waals surface area (Å²) in [7, 11) is 1.29. The summed E-state index contributed by atoms with van der Waals surface area (Å²) in [5.41, 5.74) is 5.79. The van der Waals surface area contributed by atoms with Gasteiger partial charge in [-0.25, -0.2) is 9.78 Å². The molecule has 0 aliphatic carbocycles. The van der Waals surface area contributed by atoms with Crippen LogP contribution in [0.1, 0.15) is 22.5 Å². The minimum absolute atomic E-state index is 0.121. The van der Waals surface area contributed by atoms with Crippen molar-refractivity contribution in [2.24, 2.45) is 5.73 Å². The summed E-state index contributed by atoms with van der Waals surface area (Å²) in [6.45, 7) is 0. The Bertz CT molecular complexity index is 427. The van der Waals surface area contributed by atoms with Gasteiger partial charge < -0.3 is 10.5 Å². The Hall–Kier alpha value is -2.17. The average molecular weight is 220 g/mol. The maximum Gasteiger partial charge on any atom is 0.357 e. The van der Waals surface area contributed by atoms with E-state index in [0.717, 1.165) is 0 Å². The molecule has 16 heavy (non-hydrogen) atoms. The van der Waals surface area contributed by atoms with Gasteiger partial charge in [0.1, 0.15) is 0 Å². The summed E-state index contributed by atoms with van der Waals surface area (Å²) in [5, 5.41) is 0. The summed E-state index contributed by atoms with van der Waals surface area (Å²) in [6, 6.07) is 3.40. The van der Waals surface area contributed by atoms with Gasteiger partial charge in [-0.15, -0.1) is 0 Å². The second kappa shape index (κ2) is 5.65. The number of primary amides is 1. The van der Waals surface area contributed by atoms with Crippen molar-refractivity contribution >= 4 is 18.0 Å². The van der Waals surface area contributed by atoms with Crippen molar-refractivity contribution < 1.29 is 14.3 Å². The fourth-order valence-corrected chi connectivity index (χ4v) is 1.12. The smallest absolute Gasteiger partial charge is 0.357 e. The predicted octanol–water partition coefficient (Wildman–Crippen LogP) is 0.757. The highest BCUT2D eigenvalue weighted by atomic mass is 16.5. The lowest BCUT2D eigenvalue weighted by molar-refractivity contribution is -0.117. The molecule has 1 heterocycles. The molecular formula is C11H12N2O3. The van der Waals surface area contributed by atoms with Gasteiger partial charge in [-0.05, 0) is 6.07 Å². The topological polar surface area (TPSA) is 82.3 Å². The first kappa shape index (κ1) is 11.9. The van der Waals surface area contributed by atoms with Gasteiger partial charge in [0.05, 0.1) is 7.11 Å². The molecule has 0 saturated carbocycles. The van der Waals surface area contributed by atoms with Crippen LogP contribution in [0.3, 0.4) is 0 Å². The predicted molar refractivity (Wildman–Crippen MR) is 58.4 cm³/mol. The van der Waals surface area contributed by atoms with Crippen LogP contribution in [0.4, 0.5) is 0 Å². The first-order chi connectivity index (χ1) is 7.65. The van der Waals surface area contributed by atoms with Crippen LogP contribution < -0.4 is 5.73 Å². The van der Waals surface area contributed by atoms with Crippen LogP contribution >= 0.6 is 0 Å². The lowest BCUT2D eigenvalue weighted by Crippen LogP contribution is -2.08. The molecule has 0 spiro atoms. The quantitative estimate of drug-likeness (QED) is 0.759. The van der Waals surface area contributed by atoms with Crippen LogP contribution in [-0.4, -0.2) is 24.0 Å². The summed E-state index contributed by atoms with van der Waals surface area (Å²) < 4.78 is 4.58. The molecule has 0 bridgehead atoms. The molecule has 5 nitrogen and oxygen atoms in total. The average Bonchev–Trinajstić information content (AvgIpc) is 2.28. The molecule has 0 aliphatic rings. The summed E-state index contributed by atoms with van der Waals surface area (Å²) in [6.07, 6.45) is 4.81. The number of nitrogens with zero attached hydrogens (tertiary/aromatic N) is 1. The number of pyridine rings is 1. The van der Waals surface area contributed by atoms with Crippen LogP contribution in [0.2, 0.25) is 0 Å². The van der Waals surface area contributed by atoms with Gasteiger partial charge in [-0.1, -0.05) is 18.2 Å². The molecule has 0 aromatic carbocycles. The second-order valence-electron chi connectivity index (χ2n) is 3.01. The van der Waals surface area contributed by atoms with E-state index in [0.29, 0.717) is 5.56 Å². The number of amides is 1. The minimum Gasteiger partial charge on any atom is -0.464 e. The van der Waals surface area contributed by atoms with Gasteiger partial charge in [-0.2, -0.15) is 0 Å². The van der Waals surface area contributed by atoms with Gasteiger partial charge in [0, 0.05) is 18.2 Å². The third kappa shape index (κ3) is 3.20. The highest BCUT2D eigenvalue weighted by molar-refractivity contribution is 5.91.